The predicted octanol–water partition coefficient (Wildman–Crippen LogP) is 11.1. The molecule has 7 rings (SSSR count). The number of aromatic nitrogens is 6. The highest BCUT2D eigenvalue weighted by atomic mass is 16.5. The molecule has 0 N–H and O–H groups in total. The molecule has 4 aromatic carbocycles. The Hall–Kier alpha value is -6.10. The van der Waals surface area contributed by atoms with Crippen molar-refractivity contribution in [2.75, 3.05) is 13.2 Å². The molecule has 0 radical (unpaired) electrons. The average molecular weight is 725 g/mol. The molecule has 0 bridgehead atoms. The highest BCUT2D eigenvalue weighted by molar-refractivity contribution is 5.75. The fourth-order valence-corrected chi connectivity index (χ4v) is 6.04. The van der Waals surface area contributed by atoms with Crippen molar-refractivity contribution in [3.8, 4) is 80.0 Å². The van der Waals surface area contributed by atoms with Crippen molar-refractivity contribution < 1.29 is 23.0 Å². The maximum atomic E-state index is 6.01. The summed E-state index contributed by atoms with van der Waals surface area (Å²) in [6.07, 6.45) is 9.09. The first-order valence-corrected chi connectivity index (χ1v) is 18.8. The second kappa shape index (κ2) is 17.6. The molecule has 0 aliphatic carbocycles. The third kappa shape index (κ3) is 9.09. The Bertz CT molecular complexity index is 2160. The van der Waals surface area contributed by atoms with Crippen LogP contribution in [0.5, 0.6) is 11.5 Å². The lowest BCUT2D eigenvalue weighted by Gasteiger charge is -2.06. The first-order valence-electron chi connectivity index (χ1n) is 18.8. The van der Waals surface area contributed by atoms with Crippen LogP contribution >= 0.6 is 0 Å². The molecule has 0 amide bonds. The molecule has 3 aromatic heterocycles. The number of hydrogen-bond donors (Lipinski definition) is 0. The smallest absolute Gasteiger partial charge is 0.258 e. The van der Waals surface area contributed by atoms with E-state index in [1.165, 1.54) is 25.7 Å². The lowest BCUT2D eigenvalue weighted by Crippen LogP contribution is -1.97. The van der Waals surface area contributed by atoms with Crippen molar-refractivity contribution >= 4 is 0 Å². The third-order valence-electron chi connectivity index (χ3n) is 8.95. The van der Waals surface area contributed by atoms with Crippen LogP contribution in [-0.4, -0.2) is 43.6 Å². The number of aryl methyl sites for hydroxylation is 1. The van der Waals surface area contributed by atoms with Crippen molar-refractivity contribution in [1.82, 2.24) is 30.4 Å². The summed E-state index contributed by atoms with van der Waals surface area (Å²) >= 11 is 0. The number of ether oxygens (including phenoxy) is 2. The highest BCUT2D eigenvalue weighted by Crippen LogP contribution is 2.34. The molecule has 0 unspecified atom stereocenters. The molecule has 54 heavy (non-hydrogen) atoms. The summed E-state index contributed by atoms with van der Waals surface area (Å²) in [5, 5.41) is 12.9. The quantitative estimate of drug-likeness (QED) is 0.0782. The van der Waals surface area contributed by atoms with Crippen molar-refractivity contribution in [3.05, 3.63) is 96.6 Å². The second-order valence-electron chi connectivity index (χ2n) is 13.3. The van der Waals surface area contributed by atoms with E-state index in [-0.39, 0.29) is 0 Å². The lowest BCUT2D eigenvalue weighted by atomic mass is 10.0. The van der Waals surface area contributed by atoms with Crippen LogP contribution in [0.25, 0.3) is 68.5 Å². The fraction of sp³-hybridized carbons (Fsp3) is 0.302. The van der Waals surface area contributed by atoms with Crippen LogP contribution in [0.2, 0.25) is 0 Å². The molecule has 0 atom stereocenters. The standard InChI is InChI=1S/C43H44N6O5/c1-4-6-8-10-21-50-36-19-13-17-31(27-36)39-45-42(53-48-39)34-24-33(41-44-38(47-52-41)30-16-12-15-29(3)23-30)25-35(26-34)43-46-40(49-54-43)32-18-14-20-37(28-32)51-22-11-9-7-5-2/h12-20,23-28H,4-11,21-22H2,1-3H3. The fourth-order valence-electron chi connectivity index (χ4n) is 6.04. The van der Waals surface area contributed by atoms with E-state index in [2.05, 4.69) is 29.3 Å². The van der Waals surface area contributed by atoms with Crippen LogP contribution in [0, 0.1) is 6.92 Å². The molecule has 0 aliphatic heterocycles. The second-order valence-corrected chi connectivity index (χ2v) is 13.3. The van der Waals surface area contributed by atoms with Crippen molar-refractivity contribution in [2.24, 2.45) is 0 Å². The van der Waals surface area contributed by atoms with Gasteiger partial charge >= 0.3 is 0 Å². The summed E-state index contributed by atoms with van der Waals surface area (Å²) in [4.78, 5) is 14.3. The van der Waals surface area contributed by atoms with Crippen LogP contribution in [0.3, 0.4) is 0 Å². The summed E-state index contributed by atoms with van der Waals surface area (Å²) in [5.41, 5.74) is 5.34. The summed E-state index contributed by atoms with van der Waals surface area (Å²) in [6, 6.07) is 29.0. The zero-order chi connectivity index (χ0) is 37.1. The minimum atomic E-state index is 0.293. The van der Waals surface area contributed by atoms with Crippen molar-refractivity contribution in [1.29, 1.82) is 0 Å². The van der Waals surface area contributed by atoms with Gasteiger partial charge in [-0.05, 0) is 68.3 Å². The van der Waals surface area contributed by atoms with Gasteiger partial charge in [0.05, 0.1) is 13.2 Å². The van der Waals surface area contributed by atoms with Crippen LogP contribution < -0.4 is 9.47 Å². The highest BCUT2D eigenvalue weighted by Gasteiger charge is 2.20. The molecule has 0 saturated carbocycles. The van der Waals surface area contributed by atoms with Gasteiger partial charge in [-0.2, -0.15) is 15.0 Å². The van der Waals surface area contributed by atoms with Crippen LogP contribution in [0.15, 0.2) is 105 Å². The molecule has 7 aromatic rings. The van der Waals surface area contributed by atoms with E-state index in [1.54, 1.807) is 0 Å². The molecule has 0 fully saturated rings. The normalized spacial score (nSPS) is 11.2. The minimum absolute atomic E-state index is 0.293. The molecule has 0 saturated heterocycles. The molecule has 11 nitrogen and oxygen atoms in total. The molecule has 11 heteroatoms. The number of unbranched alkanes of at least 4 members (excludes halogenated alkanes) is 6. The lowest BCUT2D eigenvalue weighted by molar-refractivity contribution is 0.305. The topological polar surface area (TPSA) is 135 Å². The Balaban J connectivity index is 1.18. The van der Waals surface area contributed by atoms with Gasteiger partial charge in [-0.25, -0.2) is 0 Å². The molecule has 0 spiro atoms. The van der Waals surface area contributed by atoms with Crippen LogP contribution in [0.1, 0.15) is 70.8 Å². The Morgan fingerprint density at radius 2 is 0.852 bits per heavy atom. The van der Waals surface area contributed by atoms with Gasteiger partial charge in [0.15, 0.2) is 0 Å². The summed E-state index contributed by atoms with van der Waals surface area (Å²) < 4.78 is 29.5. The monoisotopic (exact) mass is 724 g/mol. The van der Waals surface area contributed by atoms with E-state index in [0.717, 1.165) is 59.4 Å². The van der Waals surface area contributed by atoms with E-state index in [4.69, 9.17) is 38.0 Å². The number of nitrogens with zero attached hydrogens (tertiary/aromatic N) is 6. The molecule has 3 heterocycles. The van der Waals surface area contributed by atoms with Crippen molar-refractivity contribution in [3.63, 3.8) is 0 Å². The number of benzene rings is 4. The van der Waals surface area contributed by atoms with E-state index in [9.17, 15) is 0 Å². The minimum Gasteiger partial charge on any atom is -0.494 e. The van der Waals surface area contributed by atoms with Crippen LogP contribution in [-0.2, 0) is 0 Å². The summed E-state index contributed by atoms with van der Waals surface area (Å²) in [6.45, 7) is 7.74. The van der Waals surface area contributed by atoms with E-state index in [0.29, 0.717) is 65.0 Å². The Kier molecular flexibility index (Phi) is 11.8. The maximum absolute atomic E-state index is 6.01. The summed E-state index contributed by atoms with van der Waals surface area (Å²) in [7, 11) is 0. The predicted molar refractivity (Wildman–Crippen MR) is 207 cm³/mol. The first-order chi connectivity index (χ1) is 26.6. The van der Waals surface area contributed by atoms with Gasteiger partial charge < -0.3 is 23.0 Å². The molecule has 276 valence electrons. The van der Waals surface area contributed by atoms with Gasteiger partial charge in [-0.3, -0.25) is 0 Å². The largest absolute Gasteiger partial charge is 0.494 e. The number of rotatable bonds is 18. The molecule has 0 aliphatic rings. The van der Waals surface area contributed by atoms with Crippen molar-refractivity contribution in [2.45, 2.75) is 72.1 Å². The zero-order valence-electron chi connectivity index (χ0n) is 31.0. The van der Waals surface area contributed by atoms with Crippen LogP contribution in [0.4, 0.5) is 0 Å². The molecular weight excluding hydrogens is 681 g/mol. The maximum Gasteiger partial charge on any atom is 0.258 e. The summed E-state index contributed by atoms with van der Waals surface area (Å²) in [5.74, 6) is 3.75. The van der Waals surface area contributed by atoms with Gasteiger partial charge in [0.1, 0.15) is 11.5 Å². The third-order valence-corrected chi connectivity index (χ3v) is 8.95. The zero-order valence-corrected chi connectivity index (χ0v) is 31.0. The van der Waals surface area contributed by atoms with Gasteiger partial charge in [0.2, 0.25) is 17.5 Å². The molecular formula is C43H44N6O5. The van der Waals surface area contributed by atoms with Gasteiger partial charge in [0.25, 0.3) is 17.7 Å². The van der Waals surface area contributed by atoms with E-state index >= 15 is 0 Å². The Morgan fingerprint density at radius 1 is 0.444 bits per heavy atom. The van der Waals surface area contributed by atoms with E-state index < -0.39 is 0 Å². The van der Waals surface area contributed by atoms with Gasteiger partial charge in [-0.15, -0.1) is 0 Å². The van der Waals surface area contributed by atoms with Gasteiger partial charge in [0, 0.05) is 33.4 Å². The Morgan fingerprint density at radius 3 is 1.26 bits per heavy atom. The van der Waals surface area contributed by atoms with E-state index in [1.807, 2.05) is 97.9 Å². The van der Waals surface area contributed by atoms with Gasteiger partial charge in [-0.1, -0.05) is 116 Å². The Labute approximate surface area is 314 Å². The SMILES string of the molecule is CCCCCCOc1cccc(-c2noc(-c3cc(-c4nc(-c5cccc(C)c5)no4)cc(-c4nc(-c5cccc(OCCCCCC)c5)no4)c3)n2)c1. The first kappa shape index (κ1) is 36.3. The average Bonchev–Trinajstić information content (AvgIpc) is 4.00. The number of hydrogen-bond acceptors (Lipinski definition) is 11.